The molecule has 0 bridgehead atoms. The number of hydrogen-bond acceptors (Lipinski definition) is 4. The Kier molecular flexibility index (Phi) is 5.16. The molecule has 2 aromatic carbocycles. The van der Waals surface area contributed by atoms with Crippen molar-refractivity contribution in [3.63, 3.8) is 0 Å². The summed E-state index contributed by atoms with van der Waals surface area (Å²) in [5, 5.41) is 3.83. The second-order valence-corrected chi connectivity index (χ2v) is 7.72. The van der Waals surface area contributed by atoms with Crippen LogP contribution in [0.2, 0.25) is 0 Å². The van der Waals surface area contributed by atoms with E-state index < -0.39 is 0 Å². The zero-order valence-corrected chi connectivity index (χ0v) is 16.2. The molecular weight excluding hydrogens is 372 g/mol. The van der Waals surface area contributed by atoms with Gasteiger partial charge in [0.2, 0.25) is 11.8 Å². The van der Waals surface area contributed by atoms with E-state index in [4.69, 9.17) is 0 Å². The number of carbonyl (C=O) groups is 2. The number of aromatic nitrogens is 2. The lowest BCUT2D eigenvalue weighted by Crippen LogP contribution is -2.28. The van der Waals surface area contributed by atoms with Crippen LogP contribution >= 0.6 is 11.8 Å². The molecule has 0 spiro atoms. The molecule has 2 amide bonds. The number of aryl methyl sites for hydroxylation is 1. The second-order valence-electron chi connectivity index (χ2n) is 6.68. The lowest BCUT2D eigenvalue weighted by molar-refractivity contribution is -0.122. The topological polar surface area (TPSA) is 67.2 Å². The van der Waals surface area contributed by atoms with Gasteiger partial charge in [-0.1, -0.05) is 30.0 Å². The fourth-order valence-corrected chi connectivity index (χ4v) is 3.95. The molecule has 0 saturated carbocycles. The maximum atomic E-state index is 12.6. The molecule has 0 unspecified atom stereocenters. The highest BCUT2D eigenvalue weighted by molar-refractivity contribution is 7.99. The molecule has 28 heavy (non-hydrogen) atoms. The van der Waals surface area contributed by atoms with Gasteiger partial charge in [0.1, 0.15) is 0 Å². The van der Waals surface area contributed by atoms with Gasteiger partial charge in [0.15, 0.2) is 5.16 Å². The van der Waals surface area contributed by atoms with Crippen LogP contribution in [0.15, 0.2) is 77.0 Å². The Hall–Kier alpha value is -3.06. The molecule has 142 valence electrons. The van der Waals surface area contributed by atoms with E-state index in [9.17, 15) is 9.59 Å². The molecule has 0 radical (unpaired) electrons. The van der Waals surface area contributed by atoms with E-state index in [0.29, 0.717) is 6.54 Å². The predicted molar refractivity (Wildman–Crippen MR) is 109 cm³/mol. The van der Waals surface area contributed by atoms with Crippen molar-refractivity contribution >= 4 is 35.0 Å². The molecule has 7 heteroatoms. The first-order chi connectivity index (χ1) is 13.6. The lowest BCUT2D eigenvalue weighted by Gasteiger charge is -2.16. The van der Waals surface area contributed by atoms with Crippen LogP contribution < -0.4 is 10.2 Å². The molecule has 1 saturated heterocycles. The summed E-state index contributed by atoms with van der Waals surface area (Å²) in [5.41, 5.74) is 1.55. The van der Waals surface area contributed by atoms with Gasteiger partial charge in [0, 0.05) is 48.7 Å². The fourth-order valence-electron chi connectivity index (χ4n) is 3.15. The average Bonchev–Trinajstić information content (AvgIpc) is 3.30. The van der Waals surface area contributed by atoms with Crippen molar-refractivity contribution in [3.05, 3.63) is 67.0 Å². The summed E-state index contributed by atoms with van der Waals surface area (Å²) in [4.78, 5) is 31.9. The Balaban J connectivity index is 1.37. The van der Waals surface area contributed by atoms with Crippen LogP contribution in [0, 0.1) is 5.92 Å². The molecule has 1 aliphatic heterocycles. The summed E-state index contributed by atoms with van der Waals surface area (Å²) in [5.74, 6) is -0.501. The number of carbonyl (C=O) groups excluding carboxylic acids is 2. The number of benzene rings is 2. The van der Waals surface area contributed by atoms with E-state index in [-0.39, 0.29) is 24.2 Å². The van der Waals surface area contributed by atoms with E-state index in [0.717, 1.165) is 21.4 Å². The predicted octanol–water partition coefficient (Wildman–Crippen LogP) is 3.56. The van der Waals surface area contributed by atoms with Gasteiger partial charge in [-0.15, -0.1) is 0 Å². The van der Waals surface area contributed by atoms with Crippen LogP contribution in [-0.2, 0) is 16.6 Å². The van der Waals surface area contributed by atoms with Gasteiger partial charge in [0.25, 0.3) is 0 Å². The second kappa shape index (κ2) is 7.90. The van der Waals surface area contributed by atoms with Gasteiger partial charge >= 0.3 is 0 Å². The van der Waals surface area contributed by atoms with E-state index in [1.165, 1.54) is 0 Å². The summed E-state index contributed by atoms with van der Waals surface area (Å²) < 4.78 is 1.95. The van der Waals surface area contributed by atoms with Gasteiger partial charge in [-0.3, -0.25) is 9.59 Å². The fraction of sp³-hybridized carbons (Fsp3) is 0.190. The minimum Gasteiger partial charge on any atom is -0.329 e. The summed E-state index contributed by atoms with van der Waals surface area (Å²) in [7, 11) is 1.95. The maximum absolute atomic E-state index is 12.6. The molecule has 1 atom stereocenters. The van der Waals surface area contributed by atoms with E-state index in [1.807, 2.05) is 72.4 Å². The highest BCUT2D eigenvalue weighted by Crippen LogP contribution is 2.28. The van der Waals surface area contributed by atoms with Crippen LogP contribution in [-0.4, -0.2) is 27.9 Å². The molecule has 1 aliphatic rings. The summed E-state index contributed by atoms with van der Waals surface area (Å²) >= 11 is 1.56. The number of hydrogen-bond donors (Lipinski definition) is 1. The normalized spacial score (nSPS) is 16.4. The molecular formula is C21H20N4O2S. The molecule has 6 nitrogen and oxygen atoms in total. The first-order valence-electron chi connectivity index (χ1n) is 9.01. The van der Waals surface area contributed by atoms with E-state index in [1.54, 1.807) is 22.9 Å². The van der Waals surface area contributed by atoms with Crippen LogP contribution in [0.4, 0.5) is 11.4 Å². The van der Waals surface area contributed by atoms with Crippen molar-refractivity contribution in [3.8, 4) is 0 Å². The van der Waals surface area contributed by atoms with Crippen LogP contribution in [0.3, 0.4) is 0 Å². The quantitative estimate of drug-likeness (QED) is 0.721. The van der Waals surface area contributed by atoms with Crippen LogP contribution in [0.5, 0.6) is 0 Å². The Morgan fingerprint density at radius 1 is 1.14 bits per heavy atom. The first kappa shape index (κ1) is 18.3. The lowest BCUT2D eigenvalue weighted by atomic mass is 10.1. The number of rotatable bonds is 5. The zero-order valence-electron chi connectivity index (χ0n) is 15.4. The molecule has 2 heterocycles. The summed E-state index contributed by atoms with van der Waals surface area (Å²) in [6.45, 7) is 0.405. The van der Waals surface area contributed by atoms with Crippen molar-refractivity contribution in [2.45, 2.75) is 16.5 Å². The third-order valence-corrected chi connectivity index (χ3v) is 5.76. The van der Waals surface area contributed by atoms with Gasteiger partial charge in [-0.25, -0.2) is 4.98 Å². The summed E-state index contributed by atoms with van der Waals surface area (Å²) in [6.07, 6.45) is 3.89. The SMILES string of the molecule is Cn1ccnc1Sc1ccc(NC(=O)[C@@H]2CC(=O)N(c3ccccc3)C2)cc1. The van der Waals surface area contributed by atoms with Crippen molar-refractivity contribution in [1.29, 1.82) is 0 Å². The number of anilines is 2. The van der Waals surface area contributed by atoms with Crippen molar-refractivity contribution < 1.29 is 9.59 Å². The molecule has 1 N–H and O–H groups in total. The third-order valence-electron chi connectivity index (χ3n) is 4.67. The molecule has 0 aliphatic carbocycles. The van der Waals surface area contributed by atoms with E-state index >= 15 is 0 Å². The van der Waals surface area contributed by atoms with E-state index in [2.05, 4.69) is 10.3 Å². The third kappa shape index (κ3) is 3.94. The molecule has 3 aromatic rings. The largest absolute Gasteiger partial charge is 0.329 e. The maximum Gasteiger partial charge on any atom is 0.229 e. The molecule has 4 rings (SSSR count). The Labute approximate surface area is 167 Å². The van der Waals surface area contributed by atoms with Crippen LogP contribution in [0.1, 0.15) is 6.42 Å². The minimum absolute atomic E-state index is 0.0202. The number of nitrogens with one attached hydrogen (secondary N) is 1. The van der Waals surface area contributed by atoms with Crippen LogP contribution in [0.25, 0.3) is 0 Å². The highest BCUT2D eigenvalue weighted by Gasteiger charge is 2.35. The number of imidazole rings is 1. The first-order valence-corrected chi connectivity index (χ1v) is 9.83. The smallest absolute Gasteiger partial charge is 0.229 e. The van der Waals surface area contributed by atoms with Gasteiger partial charge in [0.05, 0.1) is 5.92 Å². The van der Waals surface area contributed by atoms with Gasteiger partial charge in [-0.05, 0) is 36.4 Å². The average molecular weight is 392 g/mol. The standard InChI is InChI=1S/C21H20N4O2S/c1-24-12-11-22-21(24)28-18-9-7-16(8-10-18)23-20(27)15-13-19(26)25(14-15)17-5-3-2-4-6-17/h2-12,15H,13-14H2,1H3,(H,23,27)/t15-/m1/s1. The molecule has 1 fully saturated rings. The minimum atomic E-state index is -0.352. The highest BCUT2D eigenvalue weighted by atomic mass is 32.2. The Bertz CT molecular complexity index is 985. The van der Waals surface area contributed by atoms with Crippen molar-refractivity contribution in [2.24, 2.45) is 13.0 Å². The number of para-hydroxylation sites is 1. The molecule has 1 aromatic heterocycles. The zero-order chi connectivity index (χ0) is 19.5. The van der Waals surface area contributed by atoms with Crippen molar-refractivity contribution in [2.75, 3.05) is 16.8 Å². The van der Waals surface area contributed by atoms with Crippen molar-refractivity contribution in [1.82, 2.24) is 9.55 Å². The number of amides is 2. The Morgan fingerprint density at radius 2 is 1.89 bits per heavy atom. The summed E-state index contributed by atoms with van der Waals surface area (Å²) in [6, 6.07) is 17.1. The monoisotopic (exact) mass is 392 g/mol. The van der Waals surface area contributed by atoms with Gasteiger partial charge in [-0.2, -0.15) is 0 Å². The van der Waals surface area contributed by atoms with Gasteiger partial charge < -0.3 is 14.8 Å². The Morgan fingerprint density at radius 3 is 2.57 bits per heavy atom. The number of nitrogens with zero attached hydrogens (tertiary/aromatic N) is 3.